The molecule has 9 heavy (non-hydrogen) atoms. The molecule has 0 saturated carbocycles. The van der Waals surface area contributed by atoms with Crippen LogP contribution >= 0.6 is 0 Å². The summed E-state index contributed by atoms with van der Waals surface area (Å²) in [5.74, 6) is 0. The van der Waals surface area contributed by atoms with E-state index in [4.69, 9.17) is 19.8 Å². The topological polar surface area (TPSA) is 132 Å². The maximum absolute atomic E-state index is 8.67. The van der Waals surface area contributed by atoms with Crippen LogP contribution in [-0.2, 0) is 0 Å². The maximum atomic E-state index is 8.67. The summed E-state index contributed by atoms with van der Waals surface area (Å²) < 4.78 is 0. The summed E-state index contributed by atoms with van der Waals surface area (Å²) in [6.07, 6.45) is -3.17. The average Bonchev–Trinajstić information content (AvgIpc) is 1.25. The van der Waals surface area contributed by atoms with E-state index in [1.165, 1.54) is 0 Å². The molecular formula is C2H4CaN2O4. The van der Waals surface area contributed by atoms with Gasteiger partial charge in [0.2, 0.25) is 0 Å². The van der Waals surface area contributed by atoms with Crippen molar-refractivity contribution in [2.75, 3.05) is 0 Å². The van der Waals surface area contributed by atoms with Crippen molar-refractivity contribution in [2.45, 2.75) is 0 Å². The number of hydrogen-bond donors (Lipinski definition) is 2. The maximum Gasteiger partial charge on any atom is 2.00 e. The minimum absolute atomic E-state index is 0. The quantitative estimate of drug-likeness (QED) is 0.351. The molecule has 4 N–H and O–H groups in total. The Hall–Kier alpha value is -0.200. The van der Waals surface area contributed by atoms with E-state index in [0.717, 1.165) is 0 Å². The first-order valence-electron chi connectivity index (χ1n) is 1.39. The molecule has 0 aliphatic rings. The van der Waals surface area contributed by atoms with Crippen molar-refractivity contribution in [3.8, 4) is 0 Å². The summed E-state index contributed by atoms with van der Waals surface area (Å²) in [6, 6.07) is 0. The van der Waals surface area contributed by atoms with Crippen LogP contribution in [-0.4, -0.2) is 49.9 Å². The van der Waals surface area contributed by atoms with Crippen LogP contribution in [0.3, 0.4) is 0 Å². The Morgan fingerprint density at radius 3 is 1.00 bits per heavy atom. The van der Waals surface area contributed by atoms with Gasteiger partial charge in [-0.15, -0.1) is 0 Å². The van der Waals surface area contributed by atoms with Gasteiger partial charge >= 0.3 is 37.7 Å². The van der Waals surface area contributed by atoms with Gasteiger partial charge < -0.3 is 31.3 Å². The van der Waals surface area contributed by atoms with Crippen molar-refractivity contribution in [3.05, 3.63) is 0 Å². The average molecular weight is 160 g/mol. The smallest absolute Gasteiger partial charge is 0.530 e. The van der Waals surface area contributed by atoms with Gasteiger partial charge in [0.1, 0.15) is 12.2 Å². The van der Waals surface area contributed by atoms with Crippen LogP contribution in [0.5, 0.6) is 0 Å². The van der Waals surface area contributed by atoms with Gasteiger partial charge in [0.15, 0.2) is 0 Å². The van der Waals surface area contributed by atoms with Crippen LogP contribution in [0.4, 0.5) is 9.59 Å². The number of nitrogens with two attached hydrogens (primary N) is 2. The van der Waals surface area contributed by atoms with Gasteiger partial charge in [-0.2, -0.15) is 0 Å². The zero-order chi connectivity index (χ0) is 7.15. The molecular weight excluding hydrogens is 156 g/mol. The second-order valence-electron chi connectivity index (χ2n) is 0.638. The number of carbonyl (C=O) groups is 2. The number of rotatable bonds is 0. The van der Waals surface area contributed by atoms with Crippen LogP contribution in [0.2, 0.25) is 0 Å². The monoisotopic (exact) mass is 160 g/mol. The van der Waals surface area contributed by atoms with Gasteiger partial charge in [-0.3, -0.25) is 0 Å². The molecule has 48 valence electrons. The molecule has 0 atom stereocenters. The van der Waals surface area contributed by atoms with E-state index < -0.39 is 12.2 Å². The van der Waals surface area contributed by atoms with Crippen LogP contribution in [0.1, 0.15) is 0 Å². The standard InChI is InChI=1S/2CH3NO2.Ca/c2*2-1(3)4;/h2*2H2,(H,3,4);/q;;+2/p-2. The Bertz CT molecular complexity index is 74.6. The summed E-state index contributed by atoms with van der Waals surface area (Å²) in [6.45, 7) is 0. The van der Waals surface area contributed by atoms with E-state index in [0.29, 0.717) is 0 Å². The molecule has 0 aliphatic heterocycles. The Morgan fingerprint density at radius 1 is 1.00 bits per heavy atom. The Morgan fingerprint density at radius 2 is 1.00 bits per heavy atom. The van der Waals surface area contributed by atoms with Crippen molar-refractivity contribution in [3.63, 3.8) is 0 Å². The van der Waals surface area contributed by atoms with Crippen molar-refractivity contribution in [2.24, 2.45) is 11.5 Å². The Balaban J connectivity index is -0.0000000720. The number of primary amides is 2. The Labute approximate surface area is 80.8 Å². The second-order valence-corrected chi connectivity index (χ2v) is 0.638. The van der Waals surface area contributed by atoms with E-state index in [2.05, 4.69) is 11.5 Å². The predicted molar refractivity (Wildman–Crippen MR) is 24.9 cm³/mol. The zero-order valence-corrected chi connectivity index (χ0v) is 6.70. The SMILES string of the molecule is NC(=O)[O-].NC(=O)[O-].[Ca+2]. The molecule has 2 amide bonds. The van der Waals surface area contributed by atoms with Crippen molar-refractivity contribution >= 4 is 49.9 Å². The van der Waals surface area contributed by atoms with Gasteiger partial charge in [-0.05, 0) is 0 Å². The molecule has 0 aliphatic carbocycles. The molecule has 0 unspecified atom stereocenters. The molecule has 0 heterocycles. The van der Waals surface area contributed by atoms with E-state index in [1.807, 2.05) is 0 Å². The van der Waals surface area contributed by atoms with Crippen LogP contribution in [0, 0.1) is 0 Å². The fourth-order valence-electron chi connectivity index (χ4n) is 0. The van der Waals surface area contributed by atoms with Crippen molar-refractivity contribution < 1.29 is 19.8 Å². The normalized spacial score (nSPS) is 5.33. The van der Waals surface area contributed by atoms with Crippen molar-refractivity contribution in [1.29, 1.82) is 0 Å². The first kappa shape index (κ1) is 15.9. The van der Waals surface area contributed by atoms with Gasteiger partial charge in [-0.1, -0.05) is 0 Å². The van der Waals surface area contributed by atoms with E-state index in [-0.39, 0.29) is 37.7 Å². The molecule has 0 saturated heterocycles. The molecule has 0 aromatic heterocycles. The number of amides is 2. The van der Waals surface area contributed by atoms with Crippen LogP contribution in [0.25, 0.3) is 0 Å². The third-order valence-electron chi connectivity index (χ3n) is 0. The van der Waals surface area contributed by atoms with Crippen molar-refractivity contribution in [1.82, 2.24) is 0 Å². The van der Waals surface area contributed by atoms with Gasteiger partial charge in [-0.25, -0.2) is 0 Å². The zero-order valence-electron chi connectivity index (χ0n) is 4.49. The third-order valence-corrected chi connectivity index (χ3v) is 0. The van der Waals surface area contributed by atoms with Gasteiger partial charge in [0, 0.05) is 0 Å². The number of carbonyl (C=O) groups excluding carboxylic acids is 2. The summed E-state index contributed by atoms with van der Waals surface area (Å²) in [7, 11) is 0. The van der Waals surface area contributed by atoms with E-state index in [9.17, 15) is 0 Å². The fourth-order valence-corrected chi connectivity index (χ4v) is 0. The molecule has 6 nitrogen and oxygen atoms in total. The summed E-state index contributed by atoms with van der Waals surface area (Å²) >= 11 is 0. The van der Waals surface area contributed by atoms with Gasteiger partial charge in [0.05, 0.1) is 0 Å². The largest absolute Gasteiger partial charge is 2.00 e. The summed E-state index contributed by atoms with van der Waals surface area (Å²) in [4.78, 5) is 17.3. The van der Waals surface area contributed by atoms with Crippen LogP contribution in [0.15, 0.2) is 0 Å². The van der Waals surface area contributed by atoms with E-state index in [1.54, 1.807) is 0 Å². The predicted octanol–water partition coefficient (Wildman–Crippen LogP) is -3.80. The second kappa shape index (κ2) is 10.7. The van der Waals surface area contributed by atoms with Crippen LogP contribution < -0.4 is 21.7 Å². The molecule has 0 fully saturated rings. The molecule has 0 bridgehead atoms. The summed E-state index contributed by atoms with van der Waals surface area (Å²) in [5.41, 5.74) is 7.83. The minimum atomic E-state index is -1.58. The molecule has 0 aromatic carbocycles. The number of carboxylic acid groups (broad SMARTS) is 2. The molecule has 0 aromatic rings. The van der Waals surface area contributed by atoms with E-state index >= 15 is 0 Å². The van der Waals surface area contributed by atoms with Gasteiger partial charge in [0.25, 0.3) is 0 Å². The summed E-state index contributed by atoms with van der Waals surface area (Å²) in [5, 5.41) is 17.3. The first-order valence-corrected chi connectivity index (χ1v) is 1.39. The molecule has 0 spiro atoms. The molecule has 7 heteroatoms. The number of hydrogen-bond acceptors (Lipinski definition) is 4. The Kier molecular flexibility index (Phi) is 19.0. The first-order chi connectivity index (χ1) is 3.46. The molecule has 0 radical (unpaired) electrons. The fraction of sp³-hybridized carbons (Fsp3) is 0. The third kappa shape index (κ3) is 6540. The molecule has 0 rings (SSSR count). The minimum Gasteiger partial charge on any atom is -0.530 e.